The molecule has 2 aromatic carbocycles. The summed E-state index contributed by atoms with van der Waals surface area (Å²) in [6.07, 6.45) is 5.84. The van der Waals surface area contributed by atoms with E-state index in [1.54, 1.807) is 44.6 Å². The first kappa shape index (κ1) is 22.8. The molecule has 0 aliphatic carbocycles. The first-order valence-corrected chi connectivity index (χ1v) is 11.6. The number of hydrogen-bond acceptors (Lipinski definition) is 5. The van der Waals surface area contributed by atoms with Gasteiger partial charge in [-0.15, -0.1) is 0 Å². The van der Waals surface area contributed by atoms with E-state index in [0.717, 1.165) is 30.4 Å². The van der Waals surface area contributed by atoms with E-state index in [1.165, 1.54) is 16.4 Å². The standard InChI is InChI=1S/C23H28N2O5S/c1-17-7-10-19(31(27,28)25-13-5-4-6-14-25)16-20(17)24-23(26)12-9-18-8-11-21(29-2)22(15-18)30-3/h7-12,15-16H,4-6,13-14H2,1-3H3,(H,24,26)/b12-9+. The van der Waals surface area contributed by atoms with Crippen LogP contribution in [0.1, 0.15) is 30.4 Å². The fourth-order valence-electron chi connectivity index (χ4n) is 3.45. The molecule has 1 aliphatic rings. The molecule has 1 aliphatic heterocycles. The van der Waals surface area contributed by atoms with Crippen LogP contribution in [0.25, 0.3) is 6.08 Å². The third kappa shape index (κ3) is 5.45. The van der Waals surface area contributed by atoms with E-state index < -0.39 is 10.0 Å². The fourth-order valence-corrected chi connectivity index (χ4v) is 5.00. The van der Waals surface area contributed by atoms with Gasteiger partial charge in [0.05, 0.1) is 19.1 Å². The molecule has 0 bridgehead atoms. The molecule has 1 fully saturated rings. The van der Waals surface area contributed by atoms with E-state index in [9.17, 15) is 13.2 Å². The van der Waals surface area contributed by atoms with Gasteiger partial charge in [-0.3, -0.25) is 4.79 Å². The van der Waals surface area contributed by atoms with Gasteiger partial charge in [0.25, 0.3) is 0 Å². The van der Waals surface area contributed by atoms with Crippen LogP contribution < -0.4 is 14.8 Å². The highest BCUT2D eigenvalue weighted by Crippen LogP contribution is 2.28. The van der Waals surface area contributed by atoms with Crippen LogP contribution in [0.5, 0.6) is 11.5 Å². The molecule has 0 unspecified atom stereocenters. The molecule has 1 heterocycles. The normalized spacial score (nSPS) is 15.1. The number of carbonyl (C=O) groups is 1. The van der Waals surface area contributed by atoms with E-state index in [1.807, 2.05) is 13.0 Å². The van der Waals surface area contributed by atoms with Gasteiger partial charge in [-0.2, -0.15) is 4.31 Å². The Labute approximate surface area is 183 Å². The molecular weight excluding hydrogens is 416 g/mol. The molecule has 2 aromatic rings. The first-order chi connectivity index (χ1) is 14.8. The van der Waals surface area contributed by atoms with Crippen molar-refractivity contribution in [3.05, 3.63) is 53.6 Å². The smallest absolute Gasteiger partial charge is 0.248 e. The Morgan fingerprint density at radius 2 is 1.71 bits per heavy atom. The quantitative estimate of drug-likeness (QED) is 0.656. The summed E-state index contributed by atoms with van der Waals surface area (Å²) < 4.78 is 37.9. The number of piperidine rings is 1. The zero-order chi connectivity index (χ0) is 22.4. The molecule has 7 nitrogen and oxygen atoms in total. The van der Waals surface area contributed by atoms with E-state index in [0.29, 0.717) is 30.3 Å². The number of anilines is 1. The molecule has 8 heteroatoms. The second-order valence-corrected chi connectivity index (χ2v) is 9.32. The van der Waals surface area contributed by atoms with Crippen LogP contribution in [0.15, 0.2) is 47.4 Å². The molecular formula is C23H28N2O5S. The van der Waals surface area contributed by atoms with Crippen LogP contribution in [-0.2, 0) is 14.8 Å². The highest BCUT2D eigenvalue weighted by atomic mass is 32.2. The predicted molar refractivity (Wildman–Crippen MR) is 121 cm³/mol. The Morgan fingerprint density at radius 3 is 2.39 bits per heavy atom. The van der Waals surface area contributed by atoms with Crippen LogP contribution in [-0.4, -0.2) is 45.9 Å². The molecule has 0 atom stereocenters. The number of benzene rings is 2. The van der Waals surface area contributed by atoms with Gasteiger partial charge in [-0.05, 0) is 61.2 Å². The monoisotopic (exact) mass is 444 g/mol. The summed E-state index contributed by atoms with van der Waals surface area (Å²) in [4.78, 5) is 12.7. The van der Waals surface area contributed by atoms with Gasteiger partial charge >= 0.3 is 0 Å². The lowest BCUT2D eigenvalue weighted by atomic mass is 10.1. The molecule has 3 rings (SSSR count). The molecule has 1 N–H and O–H groups in total. The molecule has 31 heavy (non-hydrogen) atoms. The number of nitrogens with zero attached hydrogens (tertiary/aromatic N) is 1. The number of rotatable bonds is 7. The van der Waals surface area contributed by atoms with Crippen molar-refractivity contribution < 1.29 is 22.7 Å². The van der Waals surface area contributed by atoms with Gasteiger partial charge in [0.15, 0.2) is 11.5 Å². The SMILES string of the molecule is COc1ccc(/C=C/C(=O)Nc2cc(S(=O)(=O)N3CCCCC3)ccc2C)cc1OC. The number of amides is 1. The number of ether oxygens (including phenoxy) is 2. The van der Waals surface area contributed by atoms with Crippen LogP contribution >= 0.6 is 0 Å². The highest BCUT2D eigenvalue weighted by Gasteiger charge is 2.26. The van der Waals surface area contributed by atoms with Crippen molar-refractivity contribution in [2.24, 2.45) is 0 Å². The molecule has 0 spiro atoms. The van der Waals surface area contributed by atoms with Crippen molar-refractivity contribution in [1.82, 2.24) is 4.31 Å². The first-order valence-electron chi connectivity index (χ1n) is 10.2. The molecule has 1 amide bonds. The fraction of sp³-hybridized carbons (Fsp3) is 0.348. The predicted octanol–water partition coefficient (Wildman–Crippen LogP) is 3.84. The Balaban J connectivity index is 1.75. The van der Waals surface area contributed by atoms with E-state index >= 15 is 0 Å². The number of sulfonamides is 1. The van der Waals surface area contributed by atoms with Crippen LogP contribution in [0, 0.1) is 6.92 Å². The Hall–Kier alpha value is -2.84. The van der Waals surface area contributed by atoms with Crippen molar-refractivity contribution >= 4 is 27.7 Å². The molecule has 0 radical (unpaired) electrons. The largest absolute Gasteiger partial charge is 0.493 e. The van der Waals surface area contributed by atoms with Gasteiger partial charge in [0, 0.05) is 24.9 Å². The summed E-state index contributed by atoms with van der Waals surface area (Å²) in [5, 5.41) is 2.78. The van der Waals surface area contributed by atoms with Gasteiger partial charge in [-0.25, -0.2) is 8.42 Å². The van der Waals surface area contributed by atoms with Crippen molar-refractivity contribution in [2.75, 3.05) is 32.6 Å². The zero-order valence-electron chi connectivity index (χ0n) is 18.1. The summed E-state index contributed by atoms with van der Waals surface area (Å²) in [5.74, 6) is 0.813. The third-order valence-electron chi connectivity index (χ3n) is 5.25. The summed E-state index contributed by atoms with van der Waals surface area (Å²) in [7, 11) is -0.463. The minimum Gasteiger partial charge on any atom is -0.493 e. The maximum Gasteiger partial charge on any atom is 0.248 e. The second-order valence-electron chi connectivity index (χ2n) is 7.38. The second kappa shape index (κ2) is 9.98. The van der Waals surface area contributed by atoms with E-state index in [2.05, 4.69) is 5.32 Å². The lowest BCUT2D eigenvalue weighted by Crippen LogP contribution is -2.35. The Morgan fingerprint density at radius 1 is 1.00 bits per heavy atom. The summed E-state index contributed by atoms with van der Waals surface area (Å²) in [6.45, 7) is 2.89. The molecule has 1 saturated heterocycles. The summed E-state index contributed by atoms with van der Waals surface area (Å²) in [5.41, 5.74) is 2.02. The van der Waals surface area contributed by atoms with Crippen molar-refractivity contribution in [3.8, 4) is 11.5 Å². The van der Waals surface area contributed by atoms with E-state index in [4.69, 9.17) is 9.47 Å². The number of aryl methyl sites for hydroxylation is 1. The minimum absolute atomic E-state index is 0.194. The van der Waals surface area contributed by atoms with E-state index in [-0.39, 0.29) is 10.8 Å². The number of carbonyl (C=O) groups excluding carboxylic acids is 1. The van der Waals surface area contributed by atoms with Crippen molar-refractivity contribution in [2.45, 2.75) is 31.1 Å². The lowest BCUT2D eigenvalue weighted by Gasteiger charge is -2.26. The van der Waals surface area contributed by atoms with Crippen molar-refractivity contribution in [3.63, 3.8) is 0 Å². The molecule has 166 valence electrons. The maximum absolute atomic E-state index is 12.9. The average Bonchev–Trinajstić information content (AvgIpc) is 2.79. The van der Waals surface area contributed by atoms with Crippen LogP contribution in [0.4, 0.5) is 5.69 Å². The third-order valence-corrected chi connectivity index (χ3v) is 7.15. The van der Waals surface area contributed by atoms with Crippen LogP contribution in [0.2, 0.25) is 0 Å². The van der Waals surface area contributed by atoms with Gasteiger partial charge in [-0.1, -0.05) is 18.6 Å². The van der Waals surface area contributed by atoms with Gasteiger partial charge in [0.1, 0.15) is 0 Å². The van der Waals surface area contributed by atoms with Gasteiger partial charge < -0.3 is 14.8 Å². The zero-order valence-corrected chi connectivity index (χ0v) is 18.9. The minimum atomic E-state index is -3.57. The lowest BCUT2D eigenvalue weighted by molar-refractivity contribution is -0.111. The Kier molecular flexibility index (Phi) is 7.35. The highest BCUT2D eigenvalue weighted by molar-refractivity contribution is 7.89. The number of nitrogens with one attached hydrogen (secondary N) is 1. The Bertz CT molecular complexity index is 1070. The topological polar surface area (TPSA) is 84.9 Å². The number of methoxy groups -OCH3 is 2. The van der Waals surface area contributed by atoms with Gasteiger partial charge in [0.2, 0.25) is 15.9 Å². The number of hydrogen-bond donors (Lipinski definition) is 1. The summed E-state index contributed by atoms with van der Waals surface area (Å²) in [6, 6.07) is 10.2. The van der Waals surface area contributed by atoms with Crippen molar-refractivity contribution in [1.29, 1.82) is 0 Å². The molecule has 0 saturated carbocycles. The average molecular weight is 445 g/mol. The maximum atomic E-state index is 12.9. The summed E-state index contributed by atoms with van der Waals surface area (Å²) >= 11 is 0. The molecule has 0 aromatic heterocycles. The van der Waals surface area contributed by atoms with Crippen LogP contribution in [0.3, 0.4) is 0 Å².